The van der Waals surface area contributed by atoms with Gasteiger partial charge in [0.25, 0.3) is 5.69 Å². The van der Waals surface area contributed by atoms with E-state index in [4.69, 9.17) is 5.73 Å². The largest absolute Gasteiger partial charge is 0.322 e. The maximum Gasteiger partial charge on any atom is 0.272 e. The predicted octanol–water partition coefficient (Wildman–Crippen LogP) is 2.66. The third-order valence-electron chi connectivity index (χ3n) is 2.59. The zero-order chi connectivity index (χ0) is 14.0. The molecule has 0 saturated carbocycles. The van der Waals surface area contributed by atoms with Gasteiger partial charge in [-0.1, -0.05) is 18.3 Å². The number of hydrogen-bond acceptors (Lipinski definition) is 6. The van der Waals surface area contributed by atoms with Crippen molar-refractivity contribution < 1.29 is 9.31 Å². The molecule has 0 spiro atoms. The first-order chi connectivity index (χ1) is 9.02. The minimum Gasteiger partial charge on any atom is -0.322 e. The Morgan fingerprint density at radius 2 is 2.26 bits per heavy atom. The van der Waals surface area contributed by atoms with Crippen LogP contribution in [0.15, 0.2) is 18.2 Å². The summed E-state index contributed by atoms with van der Waals surface area (Å²) >= 11 is 1.19. The van der Waals surface area contributed by atoms with Crippen molar-refractivity contribution in [3.8, 4) is 10.6 Å². The zero-order valence-electron chi connectivity index (χ0n) is 10.0. The van der Waals surface area contributed by atoms with Crippen molar-refractivity contribution >= 4 is 17.0 Å². The number of nitrogens with zero attached hydrogens (tertiary/aromatic N) is 3. The lowest BCUT2D eigenvalue weighted by Gasteiger charge is -2.01. The Hall–Kier alpha value is -1.93. The van der Waals surface area contributed by atoms with Crippen molar-refractivity contribution in [3.05, 3.63) is 39.1 Å². The van der Waals surface area contributed by atoms with E-state index >= 15 is 0 Å². The molecule has 2 rings (SSSR count). The van der Waals surface area contributed by atoms with Gasteiger partial charge in [-0.3, -0.25) is 10.1 Å². The number of halogens is 1. The molecule has 0 aliphatic heterocycles. The van der Waals surface area contributed by atoms with Crippen LogP contribution in [-0.4, -0.2) is 15.1 Å². The van der Waals surface area contributed by atoms with Gasteiger partial charge in [0.05, 0.1) is 17.0 Å². The average molecular weight is 282 g/mol. The van der Waals surface area contributed by atoms with Crippen molar-refractivity contribution in [1.29, 1.82) is 0 Å². The number of nitrogens with two attached hydrogens (primary N) is 1. The van der Waals surface area contributed by atoms with Crippen molar-refractivity contribution in [2.75, 3.05) is 0 Å². The van der Waals surface area contributed by atoms with Crippen LogP contribution in [0.5, 0.6) is 0 Å². The summed E-state index contributed by atoms with van der Waals surface area (Å²) in [6, 6.07) is 3.21. The maximum absolute atomic E-state index is 13.8. The Balaban J connectivity index is 2.37. The lowest BCUT2D eigenvalue weighted by atomic mass is 10.2. The molecule has 0 amide bonds. The molecule has 1 unspecified atom stereocenters. The van der Waals surface area contributed by atoms with Crippen LogP contribution in [0.4, 0.5) is 10.1 Å². The third-order valence-corrected chi connectivity index (χ3v) is 3.68. The average Bonchev–Trinajstić information content (AvgIpc) is 2.87. The summed E-state index contributed by atoms with van der Waals surface area (Å²) in [6.45, 7) is 1.91. The summed E-state index contributed by atoms with van der Waals surface area (Å²) in [6.07, 6.45) is 0.706. The number of aromatic nitrogens is 2. The molecule has 6 nitrogen and oxygen atoms in total. The lowest BCUT2D eigenvalue weighted by molar-refractivity contribution is -0.385. The van der Waals surface area contributed by atoms with Gasteiger partial charge >= 0.3 is 0 Å². The SMILES string of the molecule is CCC(N)c1nnc(-c2ccc([N+](=O)[O-])cc2F)s1. The summed E-state index contributed by atoms with van der Waals surface area (Å²) in [7, 11) is 0. The molecule has 100 valence electrons. The standard InChI is InChI=1S/C11H11FN4O2S/c1-2-9(13)11-15-14-10(19-11)7-4-3-6(16(17)18)5-8(7)12/h3-5,9H,2,13H2,1H3. The molecule has 19 heavy (non-hydrogen) atoms. The monoisotopic (exact) mass is 282 g/mol. The topological polar surface area (TPSA) is 94.9 Å². The quantitative estimate of drug-likeness (QED) is 0.687. The molecule has 1 heterocycles. The van der Waals surface area contributed by atoms with E-state index in [0.29, 0.717) is 16.4 Å². The Kier molecular flexibility index (Phi) is 3.82. The molecular weight excluding hydrogens is 271 g/mol. The number of non-ortho nitro benzene ring substituents is 1. The Labute approximate surface area is 112 Å². The molecule has 0 radical (unpaired) electrons. The number of hydrogen-bond donors (Lipinski definition) is 1. The zero-order valence-corrected chi connectivity index (χ0v) is 10.9. The molecule has 8 heteroatoms. The fourth-order valence-electron chi connectivity index (χ4n) is 1.46. The molecule has 2 aromatic rings. The molecule has 0 bridgehead atoms. The van der Waals surface area contributed by atoms with Crippen LogP contribution in [0.25, 0.3) is 10.6 Å². The smallest absolute Gasteiger partial charge is 0.272 e. The first-order valence-corrected chi connectivity index (χ1v) is 6.38. The van der Waals surface area contributed by atoms with Crippen LogP contribution in [0.1, 0.15) is 24.4 Å². The second kappa shape index (κ2) is 5.37. The van der Waals surface area contributed by atoms with Crippen LogP contribution in [0, 0.1) is 15.9 Å². The second-order valence-electron chi connectivity index (χ2n) is 3.88. The van der Waals surface area contributed by atoms with Gasteiger partial charge in [0.15, 0.2) is 5.01 Å². The van der Waals surface area contributed by atoms with Crippen LogP contribution in [0.2, 0.25) is 0 Å². The number of nitro groups is 1. The lowest BCUT2D eigenvalue weighted by Crippen LogP contribution is -2.07. The first kappa shape index (κ1) is 13.5. The van der Waals surface area contributed by atoms with Gasteiger partial charge in [-0.2, -0.15) is 0 Å². The van der Waals surface area contributed by atoms with Crippen molar-refractivity contribution in [3.63, 3.8) is 0 Å². The highest BCUT2D eigenvalue weighted by molar-refractivity contribution is 7.14. The Morgan fingerprint density at radius 3 is 2.84 bits per heavy atom. The minimum atomic E-state index is -0.693. The highest BCUT2D eigenvalue weighted by atomic mass is 32.1. The fraction of sp³-hybridized carbons (Fsp3) is 0.273. The highest BCUT2D eigenvalue weighted by Gasteiger charge is 2.17. The van der Waals surface area contributed by atoms with Gasteiger partial charge in [-0.25, -0.2) is 4.39 Å². The fourth-order valence-corrected chi connectivity index (χ4v) is 2.41. The summed E-state index contributed by atoms with van der Waals surface area (Å²) in [4.78, 5) is 9.88. The number of nitro benzene ring substituents is 1. The van der Waals surface area contributed by atoms with Crippen molar-refractivity contribution in [2.45, 2.75) is 19.4 Å². The summed E-state index contributed by atoms with van der Waals surface area (Å²) < 4.78 is 13.8. The van der Waals surface area contributed by atoms with E-state index < -0.39 is 10.7 Å². The molecule has 1 aromatic heterocycles. The molecule has 0 aliphatic rings. The van der Waals surface area contributed by atoms with E-state index in [0.717, 1.165) is 6.07 Å². The Morgan fingerprint density at radius 1 is 1.53 bits per heavy atom. The maximum atomic E-state index is 13.8. The molecular formula is C11H11FN4O2S. The van der Waals surface area contributed by atoms with Crippen molar-refractivity contribution in [1.82, 2.24) is 10.2 Å². The Bertz CT molecular complexity index is 616. The minimum absolute atomic E-state index is 0.192. The van der Waals surface area contributed by atoms with E-state index in [9.17, 15) is 14.5 Å². The van der Waals surface area contributed by atoms with E-state index in [1.54, 1.807) is 0 Å². The van der Waals surface area contributed by atoms with Gasteiger partial charge < -0.3 is 5.73 Å². The summed E-state index contributed by atoms with van der Waals surface area (Å²) in [5.74, 6) is -0.693. The second-order valence-corrected chi connectivity index (χ2v) is 4.89. The van der Waals surface area contributed by atoms with E-state index in [1.807, 2.05) is 6.92 Å². The first-order valence-electron chi connectivity index (χ1n) is 5.56. The van der Waals surface area contributed by atoms with Gasteiger partial charge in [-0.05, 0) is 12.5 Å². The molecule has 1 aromatic carbocycles. The van der Waals surface area contributed by atoms with E-state index in [1.165, 1.54) is 23.5 Å². The van der Waals surface area contributed by atoms with Crippen LogP contribution >= 0.6 is 11.3 Å². The van der Waals surface area contributed by atoms with E-state index in [-0.39, 0.29) is 17.3 Å². The molecule has 0 saturated heterocycles. The summed E-state index contributed by atoms with van der Waals surface area (Å²) in [5.41, 5.74) is 5.71. The molecule has 0 fully saturated rings. The van der Waals surface area contributed by atoms with Gasteiger partial charge in [0.2, 0.25) is 0 Å². The molecule has 0 aliphatic carbocycles. The number of benzene rings is 1. The van der Waals surface area contributed by atoms with Crippen LogP contribution < -0.4 is 5.73 Å². The molecule has 1 atom stereocenters. The number of rotatable bonds is 4. The highest BCUT2D eigenvalue weighted by Crippen LogP contribution is 2.30. The summed E-state index contributed by atoms with van der Waals surface area (Å²) in [5, 5.41) is 19.3. The van der Waals surface area contributed by atoms with Gasteiger partial charge in [-0.15, -0.1) is 10.2 Å². The van der Waals surface area contributed by atoms with Crippen LogP contribution in [0.3, 0.4) is 0 Å². The van der Waals surface area contributed by atoms with Gasteiger partial charge in [0, 0.05) is 11.6 Å². The predicted molar refractivity (Wildman–Crippen MR) is 69.2 cm³/mol. The third kappa shape index (κ3) is 2.74. The van der Waals surface area contributed by atoms with E-state index in [2.05, 4.69) is 10.2 Å². The van der Waals surface area contributed by atoms with Crippen molar-refractivity contribution in [2.24, 2.45) is 5.73 Å². The van der Waals surface area contributed by atoms with Gasteiger partial charge in [0.1, 0.15) is 10.8 Å². The molecule has 2 N–H and O–H groups in total. The normalized spacial score (nSPS) is 12.4. The van der Waals surface area contributed by atoms with Crippen LogP contribution in [-0.2, 0) is 0 Å².